The number of benzene rings is 1. The van der Waals surface area contributed by atoms with Crippen molar-refractivity contribution in [2.75, 3.05) is 32.5 Å². The normalized spacial score (nSPS) is 11.2. The number of H-pyrrole nitrogens is 1. The fraction of sp³-hybridized carbons (Fsp3) is 0.438. The summed E-state index contributed by atoms with van der Waals surface area (Å²) in [5.74, 6) is 0. The maximum atomic E-state index is 3.58. The number of nitrogens with one attached hydrogen (secondary N) is 3. The number of aryl methyl sites for hydroxylation is 2. The zero-order valence-corrected chi connectivity index (χ0v) is 12.4. The Labute approximate surface area is 115 Å². The Morgan fingerprint density at radius 2 is 1.95 bits per heavy atom. The first kappa shape index (κ1) is 13.8. The summed E-state index contributed by atoms with van der Waals surface area (Å²) in [6.07, 6.45) is 1.19. The SMILES string of the molecule is Cc1ccc2[nH+]c(C)cc(NCCC[NH+](C)C)c2c1. The van der Waals surface area contributed by atoms with Crippen molar-refractivity contribution in [3.8, 4) is 0 Å². The molecule has 0 amide bonds. The molecule has 1 aromatic carbocycles. The van der Waals surface area contributed by atoms with Gasteiger partial charge >= 0.3 is 0 Å². The van der Waals surface area contributed by atoms with E-state index >= 15 is 0 Å². The van der Waals surface area contributed by atoms with Gasteiger partial charge in [0.1, 0.15) is 0 Å². The summed E-state index contributed by atoms with van der Waals surface area (Å²) in [5, 5.41) is 4.86. The standard InChI is InChI=1S/C16H23N3/c1-12-6-7-15-14(10-12)16(11-13(2)18-15)17-8-5-9-19(3)4/h6-7,10-11H,5,8-9H2,1-4H3,(H,17,18)/p+2. The van der Waals surface area contributed by atoms with Gasteiger partial charge in [-0.2, -0.15) is 0 Å². The Balaban J connectivity index is 2.19. The van der Waals surface area contributed by atoms with Gasteiger partial charge in [-0.25, -0.2) is 4.98 Å². The zero-order chi connectivity index (χ0) is 13.8. The summed E-state index contributed by atoms with van der Waals surface area (Å²) in [6, 6.07) is 8.75. The molecule has 0 saturated heterocycles. The highest BCUT2D eigenvalue weighted by atomic mass is 15.1. The van der Waals surface area contributed by atoms with Crippen molar-refractivity contribution >= 4 is 16.6 Å². The Bertz CT molecular complexity index is 561. The molecule has 0 radical (unpaired) electrons. The molecular weight excluding hydrogens is 234 g/mol. The smallest absolute Gasteiger partial charge is 0.213 e. The average Bonchev–Trinajstić information content (AvgIpc) is 2.35. The largest absolute Gasteiger partial charge is 0.384 e. The number of aromatic nitrogens is 1. The van der Waals surface area contributed by atoms with Gasteiger partial charge in [-0.05, 0) is 18.6 Å². The van der Waals surface area contributed by atoms with Gasteiger partial charge < -0.3 is 10.2 Å². The van der Waals surface area contributed by atoms with E-state index in [2.05, 4.69) is 62.5 Å². The lowest BCUT2D eigenvalue weighted by molar-refractivity contribution is -0.858. The number of pyridine rings is 1. The lowest BCUT2D eigenvalue weighted by atomic mass is 10.1. The molecular formula is C16H25N3+2. The van der Waals surface area contributed by atoms with Crippen LogP contribution < -0.4 is 15.2 Å². The molecule has 0 unspecified atom stereocenters. The minimum absolute atomic E-state index is 1.03. The fourth-order valence-corrected chi connectivity index (χ4v) is 2.34. The highest BCUT2D eigenvalue weighted by Crippen LogP contribution is 2.22. The van der Waals surface area contributed by atoms with Crippen LogP contribution in [0.4, 0.5) is 5.69 Å². The van der Waals surface area contributed by atoms with Crippen LogP contribution in [0.1, 0.15) is 17.7 Å². The molecule has 19 heavy (non-hydrogen) atoms. The Morgan fingerprint density at radius 3 is 2.68 bits per heavy atom. The number of anilines is 1. The van der Waals surface area contributed by atoms with Gasteiger partial charge in [-0.3, -0.25) is 0 Å². The molecule has 0 aliphatic rings. The maximum Gasteiger partial charge on any atom is 0.213 e. The van der Waals surface area contributed by atoms with Crippen molar-refractivity contribution < 1.29 is 9.88 Å². The number of quaternary nitrogens is 1. The van der Waals surface area contributed by atoms with Gasteiger partial charge in [0.2, 0.25) is 5.52 Å². The molecule has 2 aromatic rings. The van der Waals surface area contributed by atoms with E-state index in [0.717, 1.165) is 6.54 Å². The number of hydrogen-bond acceptors (Lipinski definition) is 1. The molecule has 0 fully saturated rings. The quantitative estimate of drug-likeness (QED) is 0.777. The van der Waals surface area contributed by atoms with Gasteiger partial charge in [0.15, 0.2) is 5.69 Å². The van der Waals surface area contributed by atoms with Crippen LogP contribution in [0.15, 0.2) is 24.3 Å². The van der Waals surface area contributed by atoms with Crippen molar-refractivity contribution in [1.82, 2.24) is 0 Å². The zero-order valence-electron chi connectivity index (χ0n) is 12.4. The van der Waals surface area contributed by atoms with E-state index in [9.17, 15) is 0 Å². The van der Waals surface area contributed by atoms with Gasteiger partial charge in [0.25, 0.3) is 0 Å². The van der Waals surface area contributed by atoms with Crippen molar-refractivity contribution in [2.45, 2.75) is 20.3 Å². The van der Waals surface area contributed by atoms with Gasteiger partial charge in [0.05, 0.1) is 31.7 Å². The van der Waals surface area contributed by atoms with Gasteiger partial charge in [0, 0.05) is 32.0 Å². The lowest BCUT2D eigenvalue weighted by Crippen LogP contribution is -3.05. The number of fused-ring (bicyclic) bond motifs is 1. The van der Waals surface area contributed by atoms with Crippen LogP contribution in [-0.4, -0.2) is 27.2 Å². The first-order valence-corrected chi connectivity index (χ1v) is 7.02. The third kappa shape index (κ3) is 3.67. The molecule has 0 atom stereocenters. The van der Waals surface area contributed by atoms with Crippen LogP contribution in [-0.2, 0) is 0 Å². The Kier molecular flexibility index (Phi) is 4.38. The van der Waals surface area contributed by atoms with Crippen LogP contribution in [0.25, 0.3) is 10.9 Å². The summed E-state index contributed by atoms with van der Waals surface area (Å²) in [7, 11) is 4.39. The van der Waals surface area contributed by atoms with E-state index < -0.39 is 0 Å². The molecule has 2 rings (SSSR count). The molecule has 3 heteroatoms. The first-order chi connectivity index (χ1) is 9.06. The van der Waals surface area contributed by atoms with Crippen molar-refractivity contribution in [2.24, 2.45) is 0 Å². The molecule has 0 saturated carbocycles. The van der Waals surface area contributed by atoms with E-state index in [-0.39, 0.29) is 0 Å². The van der Waals surface area contributed by atoms with Crippen LogP contribution in [0.2, 0.25) is 0 Å². The second kappa shape index (κ2) is 6.02. The van der Waals surface area contributed by atoms with Gasteiger partial charge in [-0.1, -0.05) is 6.07 Å². The third-order valence-electron chi connectivity index (χ3n) is 3.33. The maximum absolute atomic E-state index is 3.58. The minimum atomic E-state index is 1.03. The van der Waals surface area contributed by atoms with Gasteiger partial charge in [-0.15, -0.1) is 0 Å². The third-order valence-corrected chi connectivity index (χ3v) is 3.33. The Morgan fingerprint density at radius 1 is 1.16 bits per heavy atom. The summed E-state index contributed by atoms with van der Waals surface area (Å²) in [4.78, 5) is 4.92. The van der Waals surface area contributed by atoms with Crippen LogP contribution in [0.5, 0.6) is 0 Å². The molecule has 0 bridgehead atoms. The predicted octanol–water partition coefficient (Wildman–Crippen LogP) is 1.22. The minimum Gasteiger partial charge on any atom is -0.384 e. The van der Waals surface area contributed by atoms with Crippen molar-refractivity contribution in [3.05, 3.63) is 35.5 Å². The molecule has 3 nitrogen and oxygen atoms in total. The van der Waals surface area contributed by atoms with E-state index in [4.69, 9.17) is 0 Å². The highest BCUT2D eigenvalue weighted by molar-refractivity contribution is 5.89. The predicted molar refractivity (Wildman–Crippen MR) is 80.8 cm³/mol. The number of hydrogen-bond donors (Lipinski definition) is 2. The molecule has 3 N–H and O–H groups in total. The van der Waals surface area contributed by atoms with E-state index in [1.54, 1.807) is 0 Å². The van der Waals surface area contributed by atoms with E-state index in [0.29, 0.717) is 0 Å². The topological polar surface area (TPSA) is 30.6 Å². The first-order valence-electron chi connectivity index (χ1n) is 7.02. The van der Waals surface area contributed by atoms with Crippen molar-refractivity contribution in [1.29, 1.82) is 0 Å². The van der Waals surface area contributed by atoms with Crippen LogP contribution >= 0.6 is 0 Å². The summed E-state index contributed by atoms with van der Waals surface area (Å²) in [5.41, 5.74) is 4.93. The second-order valence-corrected chi connectivity index (χ2v) is 5.65. The van der Waals surface area contributed by atoms with E-state index in [1.165, 1.54) is 45.7 Å². The number of aromatic amines is 1. The summed E-state index contributed by atoms with van der Waals surface area (Å²) >= 11 is 0. The highest BCUT2D eigenvalue weighted by Gasteiger charge is 2.09. The lowest BCUT2D eigenvalue weighted by Gasteiger charge is -2.10. The molecule has 1 aromatic heterocycles. The van der Waals surface area contributed by atoms with Crippen molar-refractivity contribution in [3.63, 3.8) is 0 Å². The fourth-order valence-electron chi connectivity index (χ4n) is 2.34. The molecule has 0 aliphatic heterocycles. The molecule has 1 heterocycles. The monoisotopic (exact) mass is 259 g/mol. The molecule has 102 valence electrons. The molecule has 0 spiro atoms. The number of rotatable bonds is 5. The van der Waals surface area contributed by atoms with Crippen LogP contribution in [0.3, 0.4) is 0 Å². The second-order valence-electron chi connectivity index (χ2n) is 5.65. The van der Waals surface area contributed by atoms with Crippen LogP contribution in [0, 0.1) is 13.8 Å². The van der Waals surface area contributed by atoms with E-state index in [1.807, 2.05) is 0 Å². The Hall–Kier alpha value is -1.61. The summed E-state index contributed by atoms with van der Waals surface area (Å²) in [6.45, 7) is 6.46. The summed E-state index contributed by atoms with van der Waals surface area (Å²) < 4.78 is 0. The molecule has 0 aliphatic carbocycles. The average molecular weight is 259 g/mol.